The lowest BCUT2D eigenvalue weighted by Crippen LogP contribution is -2.66. The van der Waals surface area contributed by atoms with Crippen LogP contribution in [0.3, 0.4) is 0 Å². The molecule has 32 atom stereocenters. The molecule has 6 heterocycles. The summed E-state index contributed by atoms with van der Waals surface area (Å²) in [4.78, 5) is 0. The molecule has 4 aliphatic carbocycles. The lowest BCUT2D eigenvalue weighted by Gasteiger charge is -2.59. The van der Waals surface area contributed by atoms with E-state index in [-0.39, 0.29) is 53.1 Å². The Morgan fingerprint density at radius 1 is 0.581 bits per heavy atom. The van der Waals surface area contributed by atoms with Crippen LogP contribution in [0.2, 0.25) is 0 Å². The van der Waals surface area contributed by atoms with Gasteiger partial charge in [0.05, 0.1) is 55.9 Å². The third-order valence-electron chi connectivity index (χ3n) is 19.9. The molecule has 0 bridgehead atoms. The zero-order chi connectivity index (χ0) is 53.3. The van der Waals surface area contributed by atoms with Crippen molar-refractivity contribution in [3.63, 3.8) is 0 Å². The molecule has 1 spiro atoms. The highest BCUT2D eigenvalue weighted by atomic mass is 16.8. The summed E-state index contributed by atoms with van der Waals surface area (Å²) >= 11 is 0. The molecule has 0 aromatic carbocycles. The van der Waals surface area contributed by atoms with Gasteiger partial charge in [-0.1, -0.05) is 32.4 Å². The second-order valence-corrected chi connectivity index (χ2v) is 24.3. The van der Waals surface area contributed by atoms with Crippen molar-refractivity contribution in [2.45, 2.75) is 245 Å². The van der Waals surface area contributed by atoms with Gasteiger partial charge in [0.2, 0.25) is 0 Å². The summed E-state index contributed by atoms with van der Waals surface area (Å²) in [5, 5.41) is 139. The van der Waals surface area contributed by atoms with E-state index in [1.54, 1.807) is 0 Å². The fourth-order valence-electron chi connectivity index (χ4n) is 15.6. The van der Waals surface area contributed by atoms with E-state index in [1.807, 2.05) is 13.0 Å². The van der Waals surface area contributed by atoms with Gasteiger partial charge in [0, 0.05) is 12.3 Å². The number of rotatable bonds is 11. The van der Waals surface area contributed by atoms with Crippen LogP contribution in [0.15, 0.2) is 11.6 Å². The smallest absolute Gasteiger partial charge is 0.187 e. The quantitative estimate of drug-likeness (QED) is 0.0927. The topological polar surface area (TPSA) is 355 Å². The maximum atomic E-state index is 12.3. The second kappa shape index (κ2) is 20.7. The molecule has 74 heavy (non-hydrogen) atoms. The van der Waals surface area contributed by atoms with Crippen molar-refractivity contribution in [2.75, 3.05) is 19.8 Å². The van der Waals surface area contributed by atoms with Gasteiger partial charge in [-0.05, 0) is 100 Å². The molecule has 23 heteroatoms. The number of ether oxygens (including phenoxy) is 10. The Labute approximate surface area is 430 Å². The van der Waals surface area contributed by atoms with Crippen molar-refractivity contribution < 1.29 is 114 Å². The molecule has 6 saturated heterocycles. The minimum atomic E-state index is -1.78. The molecular weight excluding hydrogens is 981 g/mol. The molecule has 13 N–H and O–H groups in total. The predicted molar refractivity (Wildman–Crippen MR) is 248 cm³/mol. The molecule has 10 rings (SSSR count). The SMILES string of the molecule is C[C@@H]1O[C@@H](O[C@H]2[C@H](O[C@H]3CC[C@@]4(C)C(=C[C@H](O)[C@H]5[C@H]6C[C@@H]7O[C@]8(CC[C@@](C)(CO[C@@H]9O[C@H](CO)[C@@H](O)[C@H](O)[C@H]9O)O8)[C@@H](C)[C@H]7[C@@]6(C)CC[C@@H]54)C3)O[C@H](CO)[C@@H](O[C@@H]3O[C@@H](C)[C@H](O)[C@@H](O)[C@H]3O)[C@@H]2O)[C@H](O)[C@H](O)[C@H]1O. The van der Waals surface area contributed by atoms with Crippen molar-refractivity contribution in [1.82, 2.24) is 0 Å². The first-order valence-electron chi connectivity index (χ1n) is 26.9. The van der Waals surface area contributed by atoms with Crippen LogP contribution in [-0.4, -0.2) is 239 Å². The van der Waals surface area contributed by atoms with Gasteiger partial charge in [0.15, 0.2) is 30.9 Å². The first-order chi connectivity index (χ1) is 34.9. The summed E-state index contributed by atoms with van der Waals surface area (Å²) in [6.07, 6.45) is -23.6. The van der Waals surface area contributed by atoms with Crippen LogP contribution in [-0.2, 0) is 47.4 Å². The number of fused-ring (bicyclic) bond motifs is 7. The Morgan fingerprint density at radius 3 is 1.81 bits per heavy atom. The van der Waals surface area contributed by atoms with Gasteiger partial charge in [0.1, 0.15) is 85.5 Å². The normalized spacial score (nSPS) is 58.4. The number of aliphatic hydroxyl groups excluding tert-OH is 13. The van der Waals surface area contributed by atoms with Crippen LogP contribution in [0.25, 0.3) is 0 Å². The summed E-state index contributed by atoms with van der Waals surface area (Å²) in [5.41, 5.74) is -0.263. The molecule has 0 aromatic heterocycles. The lowest BCUT2D eigenvalue weighted by molar-refractivity contribution is -0.388. The van der Waals surface area contributed by atoms with Crippen LogP contribution in [0.4, 0.5) is 0 Å². The highest BCUT2D eigenvalue weighted by molar-refractivity contribution is 5.29. The minimum absolute atomic E-state index is 0.00504. The summed E-state index contributed by atoms with van der Waals surface area (Å²) in [7, 11) is 0. The Balaban J connectivity index is 0.823. The van der Waals surface area contributed by atoms with Gasteiger partial charge in [-0.15, -0.1) is 0 Å². The summed E-state index contributed by atoms with van der Waals surface area (Å²) in [5.74, 6) is -0.505. The Kier molecular flexibility index (Phi) is 15.7. The Bertz CT molecular complexity index is 2000. The van der Waals surface area contributed by atoms with Crippen LogP contribution in [0.1, 0.15) is 92.9 Å². The largest absolute Gasteiger partial charge is 0.394 e. The molecule has 3 saturated carbocycles. The van der Waals surface area contributed by atoms with E-state index in [4.69, 9.17) is 47.4 Å². The highest BCUT2D eigenvalue weighted by Gasteiger charge is 2.71. The number of hydrogen-bond acceptors (Lipinski definition) is 23. The Morgan fingerprint density at radius 2 is 1.18 bits per heavy atom. The van der Waals surface area contributed by atoms with Crippen molar-refractivity contribution in [1.29, 1.82) is 0 Å². The molecule has 424 valence electrons. The van der Waals surface area contributed by atoms with Crippen LogP contribution >= 0.6 is 0 Å². The summed E-state index contributed by atoms with van der Waals surface area (Å²) in [6, 6.07) is 0. The van der Waals surface area contributed by atoms with Gasteiger partial charge in [0.25, 0.3) is 0 Å². The van der Waals surface area contributed by atoms with Gasteiger partial charge in [-0.25, -0.2) is 0 Å². The average Bonchev–Trinajstić information content (AvgIpc) is 3.97. The Hall–Kier alpha value is -1.18. The zero-order valence-electron chi connectivity index (χ0n) is 42.9. The molecule has 0 amide bonds. The first-order valence-corrected chi connectivity index (χ1v) is 26.9. The predicted octanol–water partition coefficient (Wildman–Crippen LogP) is -2.85. The summed E-state index contributed by atoms with van der Waals surface area (Å²) < 4.78 is 62.0. The zero-order valence-corrected chi connectivity index (χ0v) is 42.9. The maximum Gasteiger partial charge on any atom is 0.187 e. The molecule has 23 nitrogen and oxygen atoms in total. The highest BCUT2D eigenvalue weighted by Crippen LogP contribution is 2.71. The maximum absolute atomic E-state index is 12.3. The van der Waals surface area contributed by atoms with E-state index in [0.717, 1.165) is 24.8 Å². The molecule has 0 aromatic rings. The van der Waals surface area contributed by atoms with Crippen LogP contribution < -0.4 is 0 Å². The minimum Gasteiger partial charge on any atom is -0.394 e. The molecule has 6 aliphatic heterocycles. The third kappa shape index (κ3) is 9.29. The first kappa shape index (κ1) is 56.1. The molecule has 10 aliphatic rings. The van der Waals surface area contributed by atoms with Crippen LogP contribution in [0.5, 0.6) is 0 Å². The number of aliphatic hydroxyl groups is 13. The van der Waals surface area contributed by atoms with E-state index >= 15 is 0 Å². The van der Waals surface area contributed by atoms with Crippen LogP contribution in [0, 0.1) is 40.4 Å². The molecule has 0 radical (unpaired) electrons. The van der Waals surface area contributed by atoms with Crippen molar-refractivity contribution in [3.05, 3.63) is 11.6 Å². The van der Waals surface area contributed by atoms with Crippen molar-refractivity contribution in [3.8, 4) is 0 Å². The average molecular weight is 1060 g/mol. The monoisotopic (exact) mass is 1060 g/mol. The van der Waals surface area contributed by atoms with E-state index in [2.05, 4.69) is 20.8 Å². The van der Waals surface area contributed by atoms with Crippen molar-refractivity contribution >= 4 is 0 Å². The lowest BCUT2D eigenvalue weighted by atomic mass is 9.46. The van der Waals surface area contributed by atoms with Gasteiger partial charge in [-0.3, -0.25) is 0 Å². The van der Waals surface area contributed by atoms with E-state index in [9.17, 15) is 66.4 Å². The standard InChI is InChI=1S/C51H82O23/c1-19-31-27(73-51(19)12-11-48(4,74-51)18-65-44-38(61)37(60)34(57)28(16-52)69-44)15-25-30-24(8-10-50(25,31)6)49(5)9-7-23(13-22(49)14-26(30)54)68-47-43(72-46-40(63)36(59)33(56)21(3)67-46)41(64)42(29(17-53)70-47)71-45-39(62)35(58)32(55)20(2)66-45/h14,19-21,23-47,52-64H,7-13,15-18H2,1-6H3/t19-,20-,21-,23-,24-,25+,26-,27-,28+,29+,30+,31+,32-,33-,34+,35+,36+,37-,38+,39+,40+,41-,42+,43+,44+,45-,46-,47+,48-,49-,50-,51-/m0/s1. The number of hydrogen-bond donors (Lipinski definition) is 13. The van der Waals surface area contributed by atoms with E-state index < -0.39 is 160 Å². The molecule has 9 fully saturated rings. The fourth-order valence-corrected chi connectivity index (χ4v) is 15.6. The molecular formula is C51H82O23. The van der Waals surface area contributed by atoms with Gasteiger partial charge < -0.3 is 114 Å². The van der Waals surface area contributed by atoms with E-state index in [0.29, 0.717) is 32.1 Å². The fraction of sp³-hybridized carbons (Fsp3) is 0.961. The third-order valence-corrected chi connectivity index (χ3v) is 19.9. The summed E-state index contributed by atoms with van der Waals surface area (Å²) in [6.45, 7) is 10.4. The second-order valence-electron chi connectivity index (χ2n) is 24.3. The van der Waals surface area contributed by atoms with Gasteiger partial charge >= 0.3 is 0 Å². The van der Waals surface area contributed by atoms with Gasteiger partial charge in [-0.2, -0.15) is 0 Å². The van der Waals surface area contributed by atoms with E-state index in [1.165, 1.54) is 13.8 Å². The molecule has 0 unspecified atom stereocenters. The van der Waals surface area contributed by atoms with Crippen molar-refractivity contribution in [2.24, 2.45) is 40.4 Å².